The normalized spacial score (nSPS) is 14.4. The van der Waals surface area contributed by atoms with Gasteiger partial charge in [-0.15, -0.1) is 0 Å². The zero-order chi connectivity index (χ0) is 27.1. The highest BCUT2D eigenvalue weighted by molar-refractivity contribution is 5.40. The zero-order valence-electron chi connectivity index (χ0n) is 20.4. The van der Waals surface area contributed by atoms with Gasteiger partial charge in [0.25, 0.3) is 0 Å². The Morgan fingerprint density at radius 1 is 0.971 bits per heavy atom. The summed E-state index contributed by atoms with van der Waals surface area (Å²) in [5, 5.41) is 10.6. The predicted molar refractivity (Wildman–Crippen MR) is 121 cm³/mol. The van der Waals surface area contributed by atoms with E-state index >= 15 is 0 Å². The molecule has 35 heavy (non-hydrogen) atoms. The first-order chi connectivity index (χ1) is 16.0. The summed E-state index contributed by atoms with van der Waals surface area (Å²) in [6.45, 7) is 6.94. The Balaban J connectivity index is 0.00000111. The number of ether oxygens (including phenoxy) is 1. The predicted octanol–water partition coefficient (Wildman–Crippen LogP) is 7.44. The van der Waals surface area contributed by atoms with Crippen molar-refractivity contribution < 1.29 is 40.6 Å². The lowest BCUT2D eigenvalue weighted by Gasteiger charge is -2.38. The van der Waals surface area contributed by atoms with Gasteiger partial charge in [0, 0.05) is 23.4 Å². The molecule has 1 aromatic carbocycles. The molecular formula is C25H32F7NO2. The number of alkyl halides is 6. The molecule has 1 atom stereocenters. The zero-order valence-corrected chi connectivity index (χ0v) is 20.4. The van der Waals surface area contributed by atoms with E-state index in [4.69, 9.17) is 4.74 Å². The highest BCUT2D eigenvalue weighted by Gasteiger charge is 2.56. The van der Waals surface area contributed by atoms with Crippen molar-refractivity contribution in [2.24, 2.45) is 0 Å². The van der Waals surface area contributed by atoms with Gasteiger partial charge in [-0.2, -0.15) is 26.3 Å². The lowest BCUT2D eigenvalue weighted by molar-refractivity contribution is -0.266. The second-order valence-corrected chi connectivity index (χ2v) is 8.89. The number of rotatable bonds is 8. The van der Waals surface area contributed by atoms with E-state index in [2.05, 4.69) is 24.1 Å². The fourth-order valence-corrected chi connectivity index (χ4v) is 3.76. The maximum atomic E-state index is 13.8. The van der Waals surface area contributed by atoms with Gasteiger partial charge in [-0.3, -0.25) is 0 Å². The van der Waals surface area contributed by atoms with E-state index in [1.807, 2.05) is 6.92 Å². The Bertz CT molecular complexity index is 961. The van der Waals surface area contributed by atoms with E-state index < -0.39 is 48.4 Å². The molecule has 2 rings (SSSR count). The smallest absolute Gasteiger partial charge is 0.417 e. The van der Waals surface area contributed by atoms with Crippen LogP contribution in [-0.2, 0) is 18.3 Å². The molecule has 1 unspecified atom stereocenters. The molecule has 3 nitrogen and oxygen atoms in total. The summed E-state index contributed by atoms with van der Waals surface area (Å²) < 4.78 is 97.8. The molecular weight excluding hydrogens is 479 g/mol. The quantitative estimate of drug-likeness (QED) is 0.286. The lowest BCUT2D eigenvalue weighted by atomic mass is 9.73. The summed E-state index contributed by atoms with van der Waals surface area (Å²) in [4.78, 5) is 2.29. The summed E-state index contributed by atoms with van der Waals surface area (Å²) in [6.07, 6.45) is -7.48. The Morgan fingerprint density at radius 2 is 1.54 bits per heavy atom. The van der Waals surface area contributed by atoms with Gasteiger partial charge >= 0.3 is 12.4 Å². The number of H-pyrrole nitrogens is 1. The van der Waals surface area contributed by atoms with Gasteiger partial charge in [-0.05, 0) is 55.5 Å². The second kappa shape index (κ2) is 12.0. The van der Waals surface area contributed by atoms with Crippen molar-refractivity contribution in [2.75, 3.05) is 7.11 Å². The summed E-state index contributed by atoms with van der Waals surface area (Å²) in [6, 6.07) is 5.50. The Labute approximate surface area is 201 Å². The fraction of sp³-hybridized carbons (Fsp3) is 0.520. The second-order valence-electron chi connectivity index (χ2n) is 8.89. The minimum Gasteiger partial charge on any atom is -0.496 e. The fourth-order valence-electron chi connectivity index (χ4n) is 3.76. The largest absolute Gasteiger partial charge is 0.496 e. The molecule has 0 radical (unpaired) electrons. The number of hydrogen-bond donors (Lipinski definition) is 2. The molecule has 198 valence electrons. The summed E-state index contributed by atoms with van der Waals surface area (Å²) >= 11 is 0. The topological polar surface area (TPSA) is 45.2 Å². The van der Waals surface area contributed by atoms with Gasteiger partial charge in [0.2, 0.25) is 0 Å². The number of benzene rings is 1. The standard InChI is InChI=1S/C20H22F7NO2.C5H10/c1-17(2,15-8-12(21)4-7-16(15)30-3)11-18(29,20(25,26)27)9-13-5-6-14(28-13)10-19(22,23)24;1-3-5-4-2/h4-8,28-29H,9-11H2,1-3H3;3,5H,4H2,1-2H3/b;5-3-. The summed E-state index contributed by atoms with van der Waals surface area (Å²) in [5.74, 6) is -0.533. The molecule has 0 aliphatic rings. The van der Waals surface area contributed by atoms with Crippen LogP contribution in [0.4, 0.5) is 30.7 Å². The van der Waals surface area contributed by atoms with Crippen LogP contribution in [0.1, 0.15) is 57.5 Å². The van der Waals surface area contributed by atoms with Gasteiger partial charge in [0.15, 0.2) is 5.60 Å². The maximum absolute atomic E-state index is 13.8. The van der Waals surface area contributed by atoms with Crippen molar-refractivity contribution in [2.45, 2.75) is 76.7 Å². The molecule has 0 bridgehead atoms. The van der Waals surface area contributed by atoms with Gasteiger partial charge in [0.1, 0.15) is 11.6 Å². The molecule has 2 N–H and O–H groups in total. The molecule has 10 heteroatoms. The van der Waals surface area contributed by atoms with Crippen LogP contribution in [0, 0.1) is 5.82 Å². The molecule has 0 spiro atoms. The average molecular weight is 512 g/mol. The van der Waals surface area contributed by atoms with Crippen molar-refractivity contribution in [3.05, 3.63) is 65.3 Å². The monoisotopic (exact) mass is 511 g/mol. The first-order valence-corrected chi connectivity index (χ1v) is 11.0. The Morgan fingerprint density at radius 3 is 1.97 bits per heavy atom. The third-order valence-electron chi connectivity index (χ3n) is 5.30. The number of aromatic nitrogens is 1. The lowest BCUT2D eigenvalue weighted by Crippen LogP contribution is -2.51. The number of halogens is 7. The molecule has 0 aliphatic heterocycles. The van der Waals surface area contributed by atoms with Crippen molar-refractivity contribution in [1.82, 2.24) is 4.98 Å². The minimum atomic E-state index is -5.10. The number of hydrogen-bond acceptors (Lipinski definition) is 2. The van der Waals surface area contributed by atoms with E-state index in [9.17, 15) is 35.8 Å². The minimum absolute atomic E-state index is 0.122. The van der Waals surface area contributed by atoms with Crippen LogP contribution in [0.2, 0.25) is 0 Å². The van der Waals surface area contributed by atoms with E-state index in [1.54, 1.807) is 0 Å². The van der Waals surface area contributed by atoms with Crippen LogP contribution in [0.3, 0.4) is 0 Å². The number of methoxy groups -OCH3 is 1. The van der Waals surface area contributed by atoms with Gasteiger partial charge < -0.3 is 14.8 Å². The first kappa shape index (κ1) is 30.5. The molecule has 0 saturated carbocycles. The molecule has 2 aromatic rings. The van der Waals surface area contributed by atoms with Crippen molar-refractivity contribution >= 4 is 0 Å². The van der Waals surface area contributed by atoms with Crippen LogP contribution in [-0.4, -0.2) is 35.2 Å². The molecule has 0 aliphatic carbocycles. The molecule has 0 saturated heterocycles. The van der Waals surface area contributed by atoms with Crippen molar-refractivity contribution in [3.8, 4) is 5.75 Å². The summed E-state index contributed by atoms with van der Waals surface area (Å²) in [5.41, 5.74) is -5.06. The molecule has 0 amide bonds. The SMILES string of the molecule is C/C=C\CC.COc1ccc(F)cc1C(C)(C)CC(O)(Cc1ccc(CC(F)(F)F)[nH]1)C(F)(F)F. The van der Waals surface area contributed by atoms with Crippen LogP contribution in [0.25, 0.3) is 0 Å². The van der Waals surface area contributed by atoms with Gasteiger partial charge in [-0.25, -0.2) is 4.39 Å². The maximum Gasteiger partial charge on any atom is 0.417 e. The third kappa shape index (κ3) is 9.23. The van der Waals surface area contributed by atoms with E-state index in [0.717, 1.165) is 30.7 Å². The highest BCUT2D eigenvalue weighted by atomic mass is 19.4. The van der Waals surface area contributed by atoms with E-state index in [1.165, 1.54) is 27.0 Å². The number of aromatic amines is 1. The Kier molecular flexibility index (Phi) is 10.4. The number of nitrogens with one attached hydrogen (secondary N) is 1. The van der Waals surface area contributed by atoms with Gasteiger partial charge in [0.05, 0.1) is 13.5 Å². The summed E-state index contributed by atoms with van der Waals surface area (Å²) in [7, 11) is 1.28. The van der Waals surface area contributed by atoms with Crippen LogP contribution in [0.15, 0.2) is 42.5 Å². The van der Waals surface area contributed by atoms with Crippen LogP contribution in [0.5, 0.6) is 5.75 Å². The third-order valence-corrected chi connectivity index (χ3v) is 5.30. The number of aliphatic hydroxyl groups is 1. The highest BCUT2D eigenvalue weighted by Crippen LogP contribution is 2.45. The Hall–Kier alpha value is -2.49. The van der Waals surface area contributed by atoms with E-state index in [0.29, 0.717) is 0 Å². The van der Waals surface area contributed by atoms with Crippen molar-refractivity contribution in [3.63, 3.8) is 0 Å². The van der Waals surface area contributed by atoms with Crippen LogP contribution >= 0.6 is 0 Å². The van der Waals surface area contributed by atoms with Crippen molar-refractivity contribution in [1.29, 1.82) is 0 Å². The van der Waals surface area contributed by atoms with Gasteiger partial charge in [-0.1, -0.05) is 32.9 Å². The molecule has 1 heterocycles. The average Bonchev–Trinajstić information content (AvgIpc) is 3.12. The molecule has 1 aromatic heterocycles. The number of allylic oxidation sites excluding steroid dienone is 2. The molecule has 0 fully saturated rings. The first-order valence-electron chi connectivity index (χ1n) is 11.0. The van der Waals surface area contributed by atoms with E-state index in [-0.39, 0.29) is 22.7 Å². The van der Waals surface area contributed by atoms with Crippen LogP contribution < -0.4 is 4.74 Å².